The molecule has 0 saturated heterocycles. The van der Waals surface area contributed by atoms with Gasteiger partial charge >= 0.3 is 11.9 Å². The number of benzene rings is 1. The van der Waals surface area contributed by atoms with E-state index in [1.54, 1.807) is 0 Å². The Kier molecular flexibility index (Phi) is 10.7. The van der Waals surface area contributed by atoms with Crippen molar-refractivity contribution in [2.75, 3.05) is 13.2 Å². The highest BCUT2D eigenvalue weighted by molar-refractivity contribution is 14.1. The highest BCUT2D eigenvalue weighted by Crippen LogP contribution is 2.23. The maximum absolute atomic E-state index is 12.1. The Morgan fingerprint density at radius 1 is 1.00 bits per heavy atom. The van der Waals surface area contributed by atoms with Gasteiger partial charge in [0.1, 0.15) is 0 Å². The number of hydrogen-bond acceptors (Lipinski definition) is 4. The van der Waals surface area contributed by atoms with Crippen molar-refractivity contribution in [2.24, 2.45) is 0 Å². The second kappa shape index (κ2) is 11.6. The predicted molar refractivity (Wildman–Crippen MR) is 114 cm³/mol. The van der Waals surface area contributed by atoms with E-state index in [0.717, 1.165) is 42.5 Å². The fourth-order valence-electron chi connectivity index (χ4n) is 1.74. The van der Waals surface area contributed by atoms with Crippen LogP contribution in [0.3, 0.4) is 0 Å². The van der Waals surface area contributed by atoms with Gasteiger partial charge in [-0.3, -0.25) is 0 Å². The Balaban J connectivity index is 2.22. The number of carbonyl (C=O) groups is 2. The van der Waals surface area contributed by atoms with Crippen molar-refractivity contribution in [3.05, 3.63) is 41.1 Å². The summed E-state index contributed by atoms with van der Waals surface area (Å²) in [5, 5.41) is 0. The van der Waals surface area contributed by atoms with Crippen LogP contribution in [-0.2, 0) is 14.3 Å². The van der Waals surface area contributed by atoms with Gasteiger partial charge in [-0.1, -0.05) is 6.58 Å². The van der Waals surface area contributed by atoms with E-state index >= 15 is 0 Å². The lowest BCUT2D eigenvalue weighted by Gasteiger charge is -2.08. The molecule has 0 aliphatic rings. The number of esters is 2. The van der Waals surface area contributed by atoms with Crippen LogP contribution in [0.2, 0.25) is 0 Å². The molecule has 0 radical (unpaired) electrons. The van der Waals surface area contributed by atoms with Crippen molar-refractivity contribution in [2.45, 2.75) is 25.7 Å². The first-order valence-corrected chi connectivity index (χ1v) is 10.3. The molecule has 0 fully saturated rings. The predicted octanol–water partition coefficient (Wildman–Crippen LogP) is 4.95. The number of rotatable bonds is 9. The van der Waals surface area contributed by atoms with Crippen LogP contribution in [0.25, 0.3) is 0 Å². The van der Waals surface area contributed by atoms with Crippen LogP contribution in [0, 0.1) is 10.7 Å². The highest BCUT2D eigenvalue weighted by Gasteiger charge is 2.14. The van der Waals surface area contributed by atoms with Gasteiger partial charge in [0, 0.05) is 16.8 Å². The smallest absolute Gasteiger partial charge is 0.339 e. The summed E-state index contributed by atoms with van der Waals surface area (Å²) in [6, 6.07) is 3.87. The summed E-state index contributed by atoms with van der Waals surface area (Å²) in [5.41, 5.74) is 0.623. The molecule has 0 atom stereocenters. The van der Waals surface area contributed by atoms with E-state index in [0.29, 0.717) is 18.8 Å². The van der Waals surface area contributed by atoms with E-state index in [4.69, 9.17) is 9.47 Å². The molecule has 1 rings (SSSR count). The molecule has 0 aromatic heterocycles. The second-order valence-corrected chi connectivity index (χ2v) is 8.16. The second-order valence-electron chi connectivity index (χ2n) is 4.67. The summed E-state index contributed by atoms with van der Waals surface area (Å²) in [6.45, 7) is 4.15. The Labute approximate surface area is 177 Å². The third kappa shape index (κ3) is 8.14. The Morgan fingerprint density at radius 2 is 1.61 bits per heavy atom. The van der Waals surface area contributed by atoms with E-state index in [1.165, 1.54) is 0 Å². The van der Waals surface area contributed by atoms with Crippen LogP contribution < -0.4 is 0 Å². The van der Waals surface area contributed by atoms with E-state index in [-0.39, 0.29) is 11.9 Å². The van der Waals surface area contributed by atoms with E-state index in [2.05, 4.69) is 74.4 Å². The standard InChI is InChI=1S/C16H17I3O4/c1-2-14(20)22-7-5-3-4-6-8-23-16(21)12-9-11(17)10-13(18)15(12)19/h2,9-10H,1,3-8H2. The monoisotopic (exact) mass is 654 g/mol. The molecule has 0 amide bonds. The molecule has 7 heteroatoms. The molecular formula is C16H17I3O4. The molecule has 0 saturated carbocycles. The van der Waals surface area contributed by atoms with E-state index < -0.39 is 0 Å². The number of halogens is 3. The SMILES string of the molecule is C=CC(=O)OCCCCCCOC(=O)c1cc(I)cc(I)c1I. The Morgan fingerprint density at radius 3 is 2.22 bits per heavy atom. The summed E-state index contributed by atoms with van der Waals surface area (Å²) in [4.78, 5) is 22.9. The van der Waals surface area contributed by atoms with Gasteiger partial charge in [-0.15, -0.1) is 0 Å². The van der Waals surface area contributed by atoms with Crippen LogP contribution in [0.4, 0.5) is 0 Å². The molecule has 126 valence electrons. The summed E-state index contributed by atoms with van der Waals surface area (Å²) < 4.78 is 13.2. The Hall–Kier alpha value is 0.0900. The first kappa shape index (κ1) is 21.1. The van der Waals surface area contributed by atoms with Crippen LogP contribution in [0.5, 0.6) is 0 Å². The topological polar surface area (TPSA) is 52.6 Å². The third-order valence-corrected chi connectivity index (χ3v) is 6.56. The van der Waals surface area contributed by atoms with Crippen molar-refractivity contribution in [3.63, 3.8) is 0 Å². The van der Waals surface area contributed by atoms with Gasteiger partial charge in [-0.05, 0) is 106 Å². The molecule has 1 aromatic carbocycles. The van der Waals surface area contributed by atoms with Crippen LogP contribution in [-0.4, -0.2) is 25.2 Å². The molecule has 0 unspecified atom stereocenters. The fraction of sp³-hybridized carbons (Fsp3) is 0.375. The lowest BCUT2D eigenvalue weighted by molar-refractivity contribution is -0.137. The Bertz CT molecular complexity index is 573. The van der Waals surface area contributed by atoms with Gasteiger partial charge in [0.25, 0.3) is 0 Å². The van der Waals surface area contributed by atoms with Gasteiger partial charge in [0.15, 0.2) is 0 Å². The van der Waals surface area contributed by atoms with Gasteiger partial charge in [0.05, 0.1) is 18.8 Å². The maximum Gasteiger partial charge on any atom is 0.339 e. The number of ether oxygens (including phenoxy) is 2. The lowest BCUT2D eigenvalue weighted by atomic mass is 10.2. The molecule has 0 N–H and O–H groups in total. The third-order valence-electron chi connectivity index (χ3n) is 2.90. The number of hydrogen-bond donors (Lipinski definition) is 0. The zero-order valence-corrected chi connectivity index (χ0v) is 18.9. The molecule has 23 heavy (non-hydrogen) atoms. The minimum absolute atomic E-state index is 0.272. The van der Waals surface area contributed by atoms with Crippen molar-refractivity contribution < 1.29 is 19.1 Å². The molecule has 0 aliphatic carbocycles. The summed E-state index contributed by atoms with van der Waals surface area (Å²) in [7, 11) is 0. The van der Waals surface area contributed by atoms with Crippen molar-refractivity contribution in [3.8, 4) is 0 Å². The first-order chi connectivity index (χ1) is 11.0. The average Bonchev–Trinajstić information content (AvgIpc) is 2.52. The molecule has 0 bridgehead atoms. The number of unbranched alkanes of at least 4 members (excludes halogenated alkanes) is 3. The normalized spacial score (nSPS) is 10.2. The quantitative estimate of drug-likeness (QED) is 0.125. The molecular weight excluding hydrogens is 637 g/mol. The summed E-state index contributed by atoms with van der Waals surface area (Å²) >= 11 is 6.58. The molecule has 0 aliphatic heterocycles. The van der Waals surface area contributed by atoms with Crippen molar-refractivity contribution >= 4 is 79.7 Å². The average molecular weight is 654 g/mol. The zero-order valence-electron chi connectivity index (χ0n) is 12.4. The summed E-state index contributed by atoms with van der Waals surface area (Å²) in [6.07, 6.45) is 4.63. The highest BCUT2D eigenvalue weighted by atomic mass is 127. The van der Waals surface area contributed by atoms with E-state index in [9.17, 15) is 9.59 Å². The lowest BCUT2D eigenvalue weighted by Crippen LogP contribution is -2.09. The van der Waals surface area contributed by atoms with Crippen molar-refractivity contribution in [1.29, 1.82) is 0 Å². The molecule has 1 aromatic rings. The maximum atomic E-state index is 12.1. The first-order valence-electron chi connectivity index (χ1n) is 7.06. The fourth-order valence-corrected chi connectivity index (χ4v) is 4.11. The van der Waals surface area contributed by atoms with Crippen LogP contribution in [0.1, 0.15) is 36.0 Å². The molecule has 0 heterocycles. The molecule has 4 nitrogen and oxygen atoms in total. The minimum atomic E-state index is -0.388. The van der Waals surface area contributed by atoms with Crippen molar-refractivity contribution in [1.82, 2.24) is 0 Å². The molecule has 0 spiro atoms. The minimum Gasteiger partial charge on any atom is -0.463 e. The van der Waals surface area contributed by atoms with Crippen LogP contribution in [0.15, 0.2) is 24.8 Å². The van der Waals surface area contributed by atoms with Gasteiger partial charge in [-0.25, -0.2) is 9.59 Å². The largest absolute Gasteiger partial charge is 0.463 e. The van der Waals surface area contributed by atoms with Gasteiger partial charge in [0.2, 0.25) is 0 Å². The zero-order chi connectivity index (χ0) is 17.2. The van der Waals surface area contributed by atoms with E-state index in [1.807, 2.05) is 12.1 Å². The van der Waals surface area contributed by atoms with Gasteiger partial charge < -0.3 is 9.47 Å². The number of carbonyl (C=O) groups excluding carboxylic acids is 2. The summed E-state index contributed by atoms with van der Waals surface area (Å²) in [5.74, 6) is -0.661. The van der Waals surface area contributed by atoms with Crippen LogP contribution >= 0.6 is 67.8 Å². The van der Waals surface area contributed by atoms with Gasteiger partial charge in [-0.2, -0.15) is 0 Å².